The predicted octanol–water partition coefficient (Wildman–Crippen LogP) is 2.21. The van der Waals surface area contributed by atoms with Crippen LogP contribution in [0.15, 0.2) is 42.6 Å². The molecule has 0 saturated carbocycles. The maximum atomic E-state index is 11.9. The average Bonchev–Trinajstić information content (AvgIpc) is 2.48. The lowest BCUT2D eigenvalue weighted by molar-refractivity contribution is 0.102. The Bertz CT molecular complexity index is 613. The summed E-state index contributed by atoms with van der Waals surface area (Å²) in [7, 11) is 1.58. The van der Waals surface area contributed by atoms with Crippen molar-refractivity contribution in [3.8, 4) is 11.8 Å². The van der Waals surface area contributed by atoms with Gasteiger partial charge in [0.15, 0.2) is 0 Å². The Balaban J connectivity index is 2.09. The molecular weight excluding hydrogens is 242 g/mol. The van der Waals surface area contributed by atoms with Gasteiger partial charge in [0.1, 0.15) is 17.5 Å². The van der Waals surface area contributed by atoms with Crippen LogP contribution in [0.25, 0.3) is 0 Å². The van der Waals surface area contributed by atoms with Crippen LogP contribution in [0, 0.1) is 11.3 Å². The fourth-order valence-electron chi connectivity index (χ4n) is 1.47. The van der Waals surface area contributed by atoms with Crippen molar-refractivity contribution in [3.63, 3.8) is 0 Å². The topological polar surface area (TPSA) is 75.0 Å². The zero-order valence-electron chi connectivity index (χ0n) is 10.3. The molecule has 0 aliphatic heterocycles. The van der Waals surface area contributed by atoms with Crippen LogP contribution in [0.2, 0.25) is 0 Å². The van der Waals surface area contributed by atoms with Crippen LogP contribution in [0.3, 0.4) is 0 Å². The number of hydrogen-bond donors (Lipinski definition) is 1. The van der Waals surface area contributed by atoms with Crippen LogP contribution in [0.5, 0.6) is 5.75 Å². The number of amides is 1. The van der Waals surface area contributed by atoms with E-state index in [0.29, 0.717) is 11.3 Å². The van der Waals surface area contributed by atoms with Crippen molar-refractivity contribution in [1.29, 1.82) is 5.26 Å². The highest BCUT2D eigenvalue weighted by atomic mass is 16.5. The molecule has 0 aliphatic carbocycles. The van der Waals surface area contributed by atoms with Gasteiger partial charge in [-0.15, -0.1) is 0 Å². The number of nitrogens with zero attached hydrogens (tertiary/aromatic N) is 2. The molecule has 1 amide bonds. The van der Waals surface area contributed by atoms with Crippen LogP contribution in [0.1, 0.15) is 16.1 Å². The van der Waals surface area contributed by atoms with E-state index < -0.39 is 0 Å². The number of ether oxygens (including phenoxy) is 1. The van der Waals surface area contributed by atoms with Crippen molar-refractivity contribution >= 4 is 11.6 Å². The summed E-state index contributed by atoms with van der Waals surface area (Å²) >= 11 is 0. The Hall–Kier alpha value is -2.87. The number of carbonyl (C=O) groups is 1. The summed E-state index contributed by atoms with van der Waals surface area (Å²) in [5.41, 5.74) is 1.34. The van der Waals surface area contributed by atoms with Crippen molar-refractivity contribution in [1.82, 2.24) is 4.98 Å². The molecule has 0 fully saturated rings. The molecule has 5 heteroatoms. The zero-order valence-corrected chi connectivity index (χ0v) is 10.3. The fourth-order valence-corrected chi connectivity index (χ4v) is 1.47. The van der Waals surface area contributed by atoms with Gasteiger partial charge in [-0.2, -0.15) is 5.26 Å². The molecule has 1 N–H and O–H groups in total. The minimum absolute atomic E-state index is 0.276. The highest BCUT2D eigenvalue weighted by Crippen LogP contribution is 2.15. The zero-order chi connectivity index (χ0) is 13.7. The Morgan fingerprint density at radius 1 is 1.26 bits per heavy atom. The summed E-state index contributed by atoms with van der Waals surface area (Å²) in [5, 5.41) is 11.4. The van der Waals surface area contributed by atoms with E-state index in [4.69, 9.17) is 10.00 Å². The van der Waals surface area contributed by atoms with Gasteiger partial charge in [-0.3, -0.25) is 4.79 Å². The molecule has 5 nitrogen and oxygen atoms in total. The van der Waals surface area contributed by atoms with E-state index in [1.807, 2.05) is 6.07 Å². The first-order chi connectivity index (χ1) is 9.22. The molecule has 0 aliphatic rings. The number of benzene rings is 1. The molecule has 0 atom stereocenters. The summed E-state index contributed by atoms with van der Waals surface area (Å²) in [5.74, 6) is 0.445. The minimum Gasteiger partial charge on any atom is -0.497 e. The number of nitriles is 1. The van der Waals surface area contributed by atoms with Gasteiger partial charge in [-0.25, -0.2) is 4.98 Å². The predicted molar refractivity (Wildman–Crippen MR) is 69.9 cm³/mol. The standard InChI is InChI=1S/C14H11N3O2/c1-19-13-6-4-11(5-7-13)17-14(18)10-2-3-12(8-15)16-9-10/h2-7,9H,1H3,(H,17,18). The van der Waals surface area contributed by atoms with Gasteiger partial charge >= 0.3 is 0 Å². The minimum atomic E-state index is -0.276. The van der Waals surface area contributed by atoms with Crippen molar-refractivity contribution < 1.29 is 9.53 Å². The largest absolute Gasteiger partial charge is 0.497 e. The Kier molecular flexibility index (Phi) is 3.74. The molecule has 0 saturated heterocycles. The summed E-state index contributed by atoms with van der Waals surface area (Å²) in [6, 6.07) is 12.0. The van der Waals surface area contributed by atoms with Crippen LogP contribution in [-0.2, 0) is 0 Å². The van der Waals surface area contributed by atoms with Gasteiger partial charge in [0.25, 0.3) is 5.91 Å². The number of aromatic nitrogens is 1. The summed E-state index contributed by atoms with van der Waals surface area (Å²) in [6.07, 6.45) is 1.37. The second-order valence-electron chi connectivity index (χ2n) is 3.73. The number of carbonyl (C=O) groups excluding carboxylic acids is 1. The highest BCUT2D eigenvalue weighted by molar-refractivity contribution is 6.04. The lowest BCUT2D eigenvalue weighted by atomic mass is 10.2. The molecule has 0 bridgehead atoms. The average molecular weight is 253 g/mol. The van der Waals surface area contributed by atoms with Crippen molar-refractivity contribution in [2.24, 2.45) is 0 Å². The third kappa shape index (κ3) is 3.07. The maximum absolute atomic E-state index is 11.9. The molecule has 2 aromatic rings. The lowest BCUT2D eigenvalue weighted by Crippen LogP contribution is -2.12. The monoisotopic (exact) mass is 253 g/mol. The number of hydrogen-bond acceptors (Lipinski definition) is 4. The first-order valence-corrected chi connectivity index (χ1v) is 5.54. The van der Waals surface area contributed by atoms with E-state index in [1.54, 1.807) is 37.4 Å². The summed E-state index contributed by atoms with van der Waals surface area (Å²) < 4.78 is 5.03. The molecular formula is C14H11N3O2. The van der Waals surface area contributed by atoms with Gasteiger partial charge in [0, 0.05) is 11.9 Å². The van der Waals surface area contributed by atoms with Gasteiger partial charge in [-0.05, 0) is 36.4 Å². The van der Waals surface area contributed by atoms with Crippen molar-refractivity contribution in [2.75, 3.05) is 12.4 Å². The molecule has 0 unspecified atom stereocenters. The van der Waals surface area contributed by atoms with E-state index in [1.165, 1.54) is 12.3 Å². The molecule has 0 radical (unpaired) electrons. The van der Waals surface area contributed by atoms with Gasteiger partial charge in [0.2, 0.25) is 0 Å². The van der Waals surface area contributed by atoms with Crippen molar-refractivity contribution in [3.05, 3.63) is 53.9 Å². The number of pyridine rings is 1. The Labute approximate surface area is 110 Å². The Morgan fingerprint density at radius 3 is 2.53 bits per heavy atom. The number of rotatable bonds is 3. The second kappa shape index (κ2) is 5.65. The quantitative estimate of drug-likeness (QED) is 0.910. The van der Waals surface area contributed by atoms with Crippen LogP contribution in [-0.4, -0.2) is 18.0 Å². The third-order valence-corrected chi connectivity index (χ3v) is 2.49. The lowest BCUT2D eigenvalue weighted by Gasteiger charge is -2.06. The molecule has 1 aromatic carbocycles. The third-order valence-electron chi connectivity index (χ3n) is 2.49. The molecule has 0 spiro atoms. The van der Waals surface area contributed by atoms with Crippen LogP contribution in [0.4, 0.5) is 5.69 Å². The highest BCUT2D eigenvalue weighted by Gasteiger charge is 2.06. The van der Waals surface area contributed by atoms with Crippen molar-refractivity contribution in [2.45, 2.75) is 0 Å². The first kappa shape index (κ1) is 12.6. The molecule has 1 aromatic heterocycles. The number of methoxy groups -OCH3 is 1. The summed E-state index contributed by atoms with van der Waals surface area (Å²) in [6.45, 7) is 0. The van der Waals surface area contributed by atoms with Gasteiger partial charge in [0.05, 0.1) is 12.7 Å². The maximum Gasteiger partial charge on any atom is 0.257 e. The number of nitrogens with one attached hydrogen (secondary N) is 1. The SMILES string of the molecule is COc1ccc(NC(=O)c2ccc(C#N)nc2)cc1. The van der Waals surface area contributed by atoms with E-state index >= 15 is 0 Å². The van der Waals surface area contributed by atoms with Gasteiger partial charge in [-0.1, -0.05) is 0 Å². The van der Waals surface area contributed by atoms with E-state index in [0.717, 1.165) is 5.75 Å². The van der Waals surface area contributed by atoms with E-state index in [-0.39, 0.29) is 11.6 Å². The summed E-state index contributed by atoms with van der Waals surface area (Å²) in [4.78, 5) is 15.7. The molecule has 19 heavy (non-hydrogen) atoms. The van der Waals surface area contributed by atoms with Crippen LogP contribution >= 0.6 is 0 Å². The smallest absolute Gasteiger partial charge is 0.257 e. The molecule has 2 rings (SSSR count). The van der Waals surface area contributed by atoms with E-state index in [9.17, 15) is 4.79 Å². The first-order valence-electron chi connectivity index (χ1n) is 5.54. The van der Waals surface area contributed by atoms with Gasteiger partial charge < -0.3 is 10.1 Å². The number of anilines is 1. The molecule has 1 heterocycles. The van der Waals surface area contributed by atoms with Crippen LogP contribution < -0.4 is 10.1 Å². The normalized spacial score (nSPS) is 9.47. The fraction of sp³-hybridized carbons (Fsp3) is 0.0714. The van der Waals surface area contributed by atoms with E-state index in [2.05, 4.69) is 10.3 Å². The second-order valence-corrected chi connectivity index (χ2v) is 3.73. The molecule has 94 valence electrons. The Morgan fingerprint density at radius 2 is 2.00 bits per heavy atom.